The monoisotopic (exact) mass is 1040 g/mol. The molecule has 0 aromatic heterocycles. The van der Waals surface area contributed by atoms with Crippen LogP contribution in [0.3, 0.4) is 0 Å². The van der Waals surface area contributed by atoms with E-state index in [-0.39, 0.29) is 25.9 Å². The third kappa shape index (κ3) is 53.1. The smallest absolute Gasteiger partial charge is 0.462 e. The summed E-state index contributed by atoms with van der Waals surface area (Å²) in [4.78, 5) is 48.6. The van der Waals surface area contributed by atoms with Crippen LogP contribution in [-0.2, 0) is 42.2 Å². The largest absolute Gasteiger partial charge is 0.472 e. The number of unbranched alkanes of at least 4 members (excludes halogenated alkanes) is 39. The van der Waals surface area contributed by atoms with Crippen LogP contribution in [0, 0.1) is 0 Å². The average molecular weight is 1040 g/mol. The number of carbonyl (C=O) groups excluding carboxylic acids is 3. The molecule has 0 aliphatic carbocycles. The first kappa shape index (κ1) is 70.2. The highest BCUT2D eigenvalue weighted by Gasteiger charge is 2.28. The molecule has 0 aliphatic rings. The minimum atomic E-state index is -4.74. The van der Waals surface area contributed by atoms with Gasteiger partial charge in [-0.1, -0.05) is 264 Å². The molecule has 0 amide bonds. The fourth-order valence-corrected chi connectivity index (χ4v) is 9.78. The fourth-order valence-electron chi connectivity index (χ4n) is 9.00. The molecule has 12 heteroatoms. The predicted molar refractivity (Wildman–Crippen MR) is 298 cm³/mol. The van der Waals surface area contributed by atoms with Crippen molar-refractivity contribution in [3.63, 3.8) is 0 Å². The zero-order chi connectivity index (χ0) is 52.7. The lowest BCUT2D eigenvalue weighted by Gasteiger charge is -2.21. The average Bonchev–Trinajstić information content (AvgIpc) is 3.37. The highest BCUT2D eigenvalue weighted by atomic mass is 31.2. The van der Waals surface area contributed by atoms with Crippen LogP contribution in [0.2, 0.25) is 0 Å². The molecule has 0 radical (unpaired) electrons. The van der Waals surface area contributed by atoms with Crippen molar-refractivity contribution in [2.75, 3.05) is 26.4 Å². The molecule has 0 rings (SSSR count). The molecule has 0 aliphatic heterocycles. The van der Waals surface area contributed by atoms with E-state index in [1.165, 1.54) is 199 Å². The molecule has 0 aromatic rings. The summed E-state index contributed by atoms with van der Waals surface area (Å²) in [6.45, 7) is 4.70. The summed E-state index contributed by atoms with van der Waals surface area (Å²) in [6.07, 6.45) is 54.5. The molecule has 0 spiro atoms. The van der Waals surface area contributed by atoms with E-state index in [0.29, 0.717) is 19.3 Å². The highest BCUT2D eigenvalue weighted by molar-refractivity contribution is 7.47. The second-order valence-electron chi connectivity index (χ2n) is 20.9. The molecule has 72 heavy (non-hydrogen) atoms. The maximum Gasteiger partial charge on any atom is 0.472 e. The van der Waals surface area contributed by atoms with Crippen LogP contribution in [0.5, 0.6) is 0 Å². The standard InChI is InChI=1S/C60H115O11P/c1-4-7-10-13-16-19-22-25-26-27-28-29-30-33-36-39-42-45-48-51-60(64)71-57(53-67-58(62)49-46-43-40-37-34-31-23-20-17-14-11-8-5-2)55-69-72(65,66)68-54-56(52-61)70-59(63)50-47-44-41-38-35-32-24-21-18-15-12-9-6-3/h25-26,56-57,61H,4-24,27-55H2,1-3H3,(H,65,66)/b26-25-. The molecule has 3 atom stereocenters. The molecule has 426 valence electrons. The number of aliphatic hydroxyl groups is 1. The van der Waals surface area contributed by atoms with Crippen molar-refractivity contribution in [3.8, 4) is 0 Å². The van der Waals surface area contributed by atoms with Crippen molar-refractivity contribution in [1.82, 2.24) is 0 Å². The highest BCUT2D eigenvalue weighted by Crippen LogP contribution is 2.43. The quantitative estimate of drug-likeness (QED) is 0.0197. The van der Waals surface area contributed by atoms with E-state index in [9.17, 15) is 28.9 Å². The Balaban J connectivity index is 4.65. The Bertz CT molecular complexity index is 1260. The van der Waals surface area contributed by atoms with Crippen LogP contribution in [0.4, 0.5) is 0 Å². The normalized spacial score (nSPS) is 13.3. The summed E-state index contributed by atoms with van der Waals surface area (Å²) in [6, 6.07) is 0. The maximum atomic E-state index is 12.9. The van der Waals surface area contributed by atoms with Crippen LogP contribution in [0.25, 0.3) is 0 Å². The summed E-state index contributed by atoms with van der Waals surface area (Å²) in [5, 5.41) is 9.81. The number of hydrogen-bond donors (Lipinski definition) is 2. The first-order chi connectivity index (χ1) is 35.2. The van der Waals surface area contributed by atoms with Gasteiger partial charge in [0.1, 0.15) is 12.7 Å². The number of allylic oxidation sites excluding steroid dienone is 2. The number of esters is 3. The van der Waals surface area contributed by atoms with Crippen molar-refractivity contribution < 1.29 is 52.2 Å². The molecule has 0 aromatic carbocycles. The minimum Gasteiger partial charge on any atom is -0.462 e. The van der Waals surface area contributed by atoms with Gasteiger partial charge in [0, 0.05) is 19.3 Å². The second-order valence-corrected chi connectivity index (χ2v) is 22.3. The van der Waals surface area contributed by atoms with E-state index >= 15 is 0 Å². The molecule has 0 saturated carbocycles. The van der Waals surface area contributed by atoms with Gasteiger partial charge in [-0.3, -0.25) is 23.4 Å². The number of ether oxygens (including phenoxy) is 3. The first-order valence-corrected chi connectivity index (χ1v) is 32.1. The van der Waals surface area contributed by atoms with Crippen LogP contribution in [-0.4, -0.2) is 66.5 Å². The van der Waals surface area contributed by atoms with Crippen LogP contribution in [0.15, 0.2) is 12.2 Å². The molecule has 0 bridgehead atoms. The van der Waals surface area contributed by atoms with Gasteiger partial charge in [-0.15, -0.1) is 0 Å². The third-order valence-corrected chi connectivity index (χ3v) is 14.6. The number of aliphatic hydroxyl groups excluding tert-OH is 1. The summed E-state index contributed by atoms with van der Waals surface area (Å²) >= 11 is 0. The summed E-state index contributed by atoms with van der Waals surface area (Å²) in [5.74, 6) is -1.43. The Hall–Kier alpha value is -1.78. The SMILES string of the molecule is CCCCCCCC/C=C\CCCCCCCCCCCC(=O)OC(COC(=O)CCCCCCCCCCCCCCC)COP(=O)(O)OCC(CO)OC(=O)CCCCCCCCCCCCCCC. The summed E-state index contributed by atoms with van der Waals surface area (Å²) < 4.78 is 39.6. The van der Waals surface area contributed by atoms with E-state index in [2.05, 4.69) is 32.9 Å². The minimum absolute atomic E-state index is 0.173. The lowest BCUT2D eigenvalue weighted by molar-refractivity contribution is -0.161. The van der Waals surface area contributed by atoms with Gasteiger partial charge in [-0.2, -0.15) is 0 Å². The maximum absolute atomic E-state index is 12.9. The topological polar surface area (TPSA) is 155 Å². The molecular weight excluding hydrogens is 928 g/mol. The van der Waals surface area contributed by atoms with Gasteiger partial charge in [0.25, 0.3) is 0 Å². The molecule has 3 unspecified atom stereocenters. The Morgan fingerprint density at radius 1 is 0.375 bits per heavy atom. The Kier molecular flexibility index (Phi) is 54.1. The number of hydrogen-bond acceptors (Lipinski definition) is 10. The van der Waals surface area contributed by atoms with Crippen molar-refractivity contribution in [3.05, 3.63) is 12.2 Å². The van der Waals surface area contributed by atoms with E-state index in [0.717, 1.165) is 57.8 Å². The Morgan fingerprint density at radius 2 is 0.639 bits per heavy atom. The Labute approximate surface area is 443 Å². The second kappa shape index (κ2) is 55.5. The third-order valence-electron chi connectivity index (χ3n) is 13.7. The number of phosphoric acid groups is 1. The van der Waals surface area contributed by atoms with E-state index in [1.807, 2.05) is 0 Å². The molecule has 0 heterocycles. The van der Waals surface area contributed by atoms with Crippen LogP contribution < -0.4 is 0 Å². The van der Waals surface area contributed by atoms with E-state index in [1.54, 1.807) is 0 Å². The van der Waals surface area contributed by atoms with E-state index in [4.69, 9.17) is 23.3 Å². The molecule has 2 N–H and O–H groups in total. The molecule has 0 fully saturated rings. The van der Waals surface area contributed by atoms with Crippen LogP contribution >= 0.6 is 7.82 Å². The molecular formula is C60H115O11P. The van der Waals surface area contributed by atoms with Gasteiger partial charge in [0.05, 0.1) is 19.8 Å². The van der Waals surface area contributed by atoms with Crippen molar-refractivity contribution in [1.29, 1.82) is 0 Å². The van der Waals surface area contributed by atoms with Crippen molar-refractivity contribution in [2.24, 2.45) is 0 Å². The molecule has 0 saturated heterocycles. The van der Waals surface area contributed by atoms with Gasteiger partial charge < -0.3 is 24.2 Å². The lowest BCUT2D eigenvalue weighted by atomic mass is 10.0. The summed E-state index contributed by atoms with van der Waals surface area (Å²) in [7, 11) is -4.74. The zero-order valence-corrected chi connectivity index (χ0v) is 48.1. The predicted octanol–water partition coefficient (Wildman–Crippen LogP) is 18.0. The van der Waals surface area contributed by atoms with Gasteiger partial charge in [-0.25, -0.2) is 4.57 Å². The zero-order valence-electron chi connectivity index (χ0n) is 47.2. The Morgan fingerprint density at radius 3 is 0.958 bits per heavy atom. The lowest BCUT2D eigenvalue weighted by Crippen LogP contribution is -2.30. The molecule has 11 nitrogen and oxygen atoms in total. The number of carbonyl (C=O) groups is 3. The number of rotatable bonds is 58. The van der Waals surface area contributed by atoms with Gasteiger partial charge in [0.15, 0.2) is 6.10 Å². The van der Waals surface area contributed by atoms with Crippen molar-refractivity contribution in [2.45, 2.75) is 328 Å². The van der Waals surface area contributed by atoms with Crippen molar-refractivity contribution >= 4 is 25.7 Å². The van der Waals surface area contributed by atoms with Gasteiger partial charge in [-0.05, 0) is 44.9 Å². The van der Waals surface area contributed by atoms with E-state index < -0.39 is 57.8 Å². The van der Waals surface area contributed by atoms with Gasteiger partial charge in [0.2, 0.25) is 0 Å². The van der Waals surface area contributed by atoms with Crippen LogP contribution in [0.1, 0.15) is 316 Å². The number of phosphoric ester groups is 1. The fraction of sp³-hybridized carbons (Fsp3) is 0.917. The van der Waals surface area contributed by atoms with Gasteiger partial charge >= 0.3 is 25.7 Å². The summed E-state index contributed by atoms with van der Waals surface area (Å²) in [5.41, 5.74) is 0. The first-order valence-electron chi connectivity index (χ1n) is 30.6.